The van der Waals surface area contributed by atoms with Gasteiger partial charge < -0.3 is 24.8 Å². The monoisotopic (exact) mass is 543 g/mol. The van der Waals surface area contributed by atoms with E-state index in [2.05, 4.69) is 97.9 Å². The summed E-state index contributed by atoms with van der Waals surface area (Å²) in [6, 6.07) is 14.5. The molecule has 0 heterocycles. The summed E-state index contributed by atoms with van der Waals surface area (Å²) in [5.41, 5.74) is 12.3. The number of hydrogen-bond acceptors (Lipinski definition) is 0. The summed E-state index contributed by atoms with van der Waals surface area (Å²) in [5.74, 6) is 0.951. The van der Waals surface area contributed by atoms with Gasteiger partial charge in [0.05, 0.1) is 0 Å². The second-order valence-electron chi connectivity index (χ2n) is 11.4. The van der Waals surface area contributed by atoms with Crippen LogP contribution in [0.5, 0.6) is 0 Å². The van der Waals surface area contributed by atoms with E-state index in [1.807, 2.05) is 0 Å². The number of allylic oxidation sites excluding steroid dienone is 4. The van der Waals surface area contributed by atoms with Gasteiger partial charge in [-0.25, -0.2) is 0 Å². The van der Waals surface area contributed by atoms with E-state index in [0.717, 1.165) is 6.42 Å². The minimum Gasteiger partial charge on any atom is -1.00 e. The molecule has 0 atom stereocenters. The summed E-state index contributed by atoms with van der Waals surface area (Å²) in [6.45, 7) is 18.7. The van der Waals surface area contributed by atoms with Crippen LogP contribution in [0.15, 0.2) is 56.9 Å². The van der Waals surface area contributed by atoms with E-state index in [1.165, 1.54) is 33.4 Å². The van der Waals surface area contributed by atoms with Crippen molar-refractivity contribution in [2.45, 2.75) is 78.6 Å². The molecule has 4 rings (SSSR count). The third-order valence-corrected chi connectivity index (χ3v) is 7.98. The summed E-state index contributed by atoms with van der Waals surface area (Å²) in [6.07, 6.45) is 3.64. The molecule has 0 aromatic heterocycles. The van der Waals surface area contributed by atoms with E-state index in [0.29, 0.717) is 11.8 Å². The number of fused-ring (bicyclic) bond motifs is 3. The Bertz CT molecular complexity index is 1010. The van der Waals surface area contributed by atoms with Crippen molar-refractivity contribution >= 4 is 0 Å². The second-order valence-corrected chi connectivity index (χ2v) is 12.9. The van der Waals surface area contributed by atoms with Gasteiger partial charge in [0.15, 0.2) is 0 Å². The summed E-state index contributed by atoms with van der Waals surface area (Å²) in [4.78, 5) is 0. The molecule has 0 amide bonds. The minimum absolute atomic E-state index is 0. The van der Waals surface area contributed by atoms with E-state index in [-0.39, 0.29) is 35.6 Å². The molecule has 0 nitrogen and oxygen atoms in total. The van der Waals surface area contributed by atoms with Crippen molar-refractivity contribution in [3.63, 3.8) is 0 Å². The van der Waals surface area contributed by atoms with Crippen LogP contribution in [0.2, 0.25) is 0 Å². The molecule has 2 aliphatic carbocycles. The molecule has 2 aromatic rings. The third kappa shape index (κ3) is 4.78. The molecule has 0 bridgehead atoms. The molecule has 0 unspecified atom stereocenters. The average molecular weight is 546 g/mol. The maximum Gasteiger partial charge on any atom is -1.00 e. The van der Waals surface area contributed by atoms with Crippen molar-refractivity contribution in [3.05, 3.63) is 79.2 Å². The Hall–Kier alpha value is -0.617. The fraction of sp³-hybridized carbons (Fsp3) is 0.448. The molecule has 3 heteroatoms. The Morgan fingerprint density at radius 3 is 1.59 bits per heavy atom. The van der Waals surface area contributed by atoms with Crippen LogP contribution in [0, 0.1) is 5.92 Å². The summed E-state index contributed by atoms with van der Waals surface area (Å²) < 4.78 is 1.64. The first-order chi connectivity index (χ1) is 13.9. The normalized spacial score (nSPS) is 15.9. The smallest absolute Gasteiger partial charge is 1.00 e. The molecular weight excluding hydrogens is 510 g/mol. The first-order valence-corrected chi connectivity index (χ1v) is 12.6. The maximum atomic E-state index is 2.52. The number of benzene rings is 2. The van der Waals surface area contributed by atoms with Gasteiger partial charge in [-0.1, -0.05) is 0 Å². The molecule has 0 fully saturated rings. The van der Waals surface area contributed by atoms with E-state index in [1.54, 1.807) is 39.1 Å². The summed E-state index contributed by atoms with van der Waals surface area (Å²) >= 11 is 1.57. The zero-order valence-electron chi connectivity index (χ0n) is 20.7. The van der Waals surface area contributed by atoms with Crippen molar-refractivity contribution in [3.8, 4) is 11.1 Å². The molecule has 32 heavy (non-hydrogen) atoms. The molecule has 2 aromatic carbocycles. The van der Waals surface area contributed by atoms with Crippen LogP contribution in [0.3, 0.4) is 0 Å². The summed E-state index contributed by atoms with van der Waals surface area (Å²) in [7, 11) is 0. The molecule has 0 saturated heterocycles. The largest absolute Gasteiger partial charge is 1.00 e. The zero-order chi connectivity index (χ0) is 22.0. The van der Waals surface area contributed by atoms with Crippen molar-refractivity contribution < 1.29 is 49.5 Å². The first kappa shape index (κ1) is 27.6. The molecule has 2 aliphatic rings. The van der Waals surface area contributed by atoms with Crippen molar-refractivity contribution in [1.29, 1.82) is 0 Å². The van der Waals surface area contributed by atoms with Gasteiger partial charge in [-0.2, -0.15) is 0 Å². The zero-order valence-corrected chi connectivity index (χ0v) is 24.6. The summed E-state index contributed by atoms with van der Waals surface area (Å²) in [5, 5.41) is 0. The number of hydrogen-bond donors (Lipinski definition) is 0. The first-order valence-electron chi connectivity index (χ1n) is 11.3. The predicted molar refractivity (Wildman–Crippen MR) is 126 cm³/mol. The molecule has 0 N–H and O–H groups in total. The standard InChI is InChI=1S/C29H35.2ClH.Zr/c1-18(2)21-10-9-11-24(21)27-25-16-19(28(3,4)5)12-14-22(25)23-15-13-20(17-26(23)27)29(6,7)8;;;/h10,12-18,27H,9H2,1-8H3;2*1H;/q;;;+2/p-2. The van der Waals surface area contributed by atoms with Crippen LogP contribution in [0.4, 0.5) is 0 Å². The Kier molecular flexibility index (Phi) is 8.25. The van der Waals surface area contributed by atoms with Gasteiger partial charge in [-0.15, -0.1) is 0 Å². The van der Waals surface area contributed by atoms with Gasteiger partial charge in [0.2, 0.25) is 0 Å². The Balaban J connectivity index is 0.00000181. The van der Waals surface area contributed by atoms with Gasteiger partial charge in [0.25, 0.3) is 0 Å². The number of halogens is 2. The molecular formula is C29H35Cl2Zr. The van der Waals surface area contributed by atoms with Gasteiger partial charge in [0, 0.05) is 0 Å². The van der Waals surface area contributed by atoms with Crippen LogP contribution in [0.25, 0.3) is 11.1 Å². The Morgan fingerprint density at radius 2 is 1.22 bits per heavy atom. The van der Waals surface area contributed by atoms with Crippen molar-refractivity contribution in [2.24, 2.45) is 5.92 Å². The minimum atomic E-state index is 0. The topological polar surface area (TPSA) is 0 Å². The van der Waals surface area contributed by atoms with E-state index in [9.17, 15) is 0 Å². The van der Waals surface area contributed by atoms with E-state index < -0.39 is 0 Å². The SMILES string of the molecule is CC(C)C1=CC[C]([Zr+2])=C1C1c2cc(C(C)(C)C)ccc2-c2ccc(C(C)(C)C)cc21.[Cl-].[Cl-]. The fourth-order valence-electron chi connectivity index (χ4n) is 5.00. The molecule has 0 radical (unpaired) electrons. The van der Waals surface area contributed by atoms with Crippen LogP contribution in [-0.4, -0.2) is 0 Å². The van der Waals surface area contributed by atoms with Gasteiger partial charge in [-0.3, -0.25) is 0 Å². The maximum absolute atomic E-state index is 2.52. The Morgan fingerprint density at radius 1 is 0.781 bits per heavy atom. The van der Waals surface area contributed by atoms with Crippen LogP contribution < -0.4 is 24.8 Å². The fourth-order valence-corrected chi connectivity index (χ4v) is 5.96. The van der Waals surface area contributed by atoms with Crippen LogP contribution in [0.1, 0.15) is 90.0 Å². The van der Waals surface area contributed by atoms with E-state index >= 15 is 0 Å². The van der Waals surface area contributed by atoms with Crippen molar-refractivity contribution in [2.75, 3.05) is 0 Å². The average Bonchev–Trinajstić information content (AvgIpc) is 3.16. The van der Waals surface area contributed by atoms with Gasteiger partial charge in [-0.05, 0) is 0 Å². The van der Waals surface area contributed by atoms with Gasteiger partial charge in [0.1, 0.15) is 0 Å². The number of rotatable bonds is 2. The quantitative estimate of drug-likeness (QED) is 0.543. The third-order valence-electron chi connectivity index (χ3n) is 6.82. The Labute approximate surface area is 223 Å². The molecule has 0 aliphatic heterocycles. The van der Waals surface area contributed by atoms with Crippen molar-refractivity contribution in [1.82, 2.24) is 0 Å². The predicted octanol–water partition coefficient (Wildman–Crippen LogP) is 2.19. The van der Waals surface area contributed by atoms with Gasteiger partial charge >= 0.3 is 199 Å². The molecule has 169 valence electrons. The molecule has 0 spiro atoms. The second kappa shape index (κ2) is 9.56. The molecule has 0 saturated carbocycles. The van der Waals surface area contributed by atoms with E-state index in [4.69, 9.17) is 0 Å². The van der Waals surface area contributed by atoms with Crippen LogP contribution in [-0.2, 0) is 35.5 Å². The van der Waals surface area contributed by atoms with Crippen LogP contribution >= 0.6 is 0 Å².